The van der Waals surface area contributed by atoms with Crippen LogP contribution in [0.4, 0.5) is 0 Å². The molecule has 1 aromatic rings. The molecule has 1 aliphatic heterocycles. The number of amides is 1. The molecular formula is C26H36N2O4S. The Morgan fingerprint density at radius 2 is 1.91 bits per heavy atom. The van der Waals surface area contributed by atoms with Crippen LogP contribution < -0.4 is 5.48 Å². The largest absolute Gasteiger partial charge is 0.299 e. The van der Waals surface area contributed by atoms with Crippen LogP contribution >= 0.6 is 0 Å². The smallest absolute Gasteiger partial charge is 0.264 e. The van der Waals surface area contributed by atoms with Crippen molar-refractivity contribution in [3.63, 3.8) is 0 Å². The molecule has 0 saturated heterocycles. The van der Waals surface area contributed by atoms with Gasteiger partial charge in [0.2, 0.25) is 0 Å². The number of benzene rings is 1. The van der Waals surface area contributed by atoms with Gasteiger partial charge in [0.05, 0.1) is 0 Å². The second kappa shape index (κ2) is 11.3. The van der Waals surface area contributed by atoms with Crippen LogP contribution in [0.3, 0.4) is 0 Å². The fourth-order valence-corrected chi connectivity index (χ4v) is 5.43. The quantitative estimate of drug-likeness (QED) is 0.358. The number of nitrogens with one attached hydrogen (secondary N) is 1. The highest BCUT2D eigenvalue weighted by Crippen LogP contribution is 2.27. The third-order valence-electron chi connectivity index (χ3n) is 7.20. The molecule has 2 N–H and O–H groups in total. The highest BCUT2D eigenvalue weighted by molar-refractivity contribution is 7.92. The summed E-state index contributed by atoms with van der Waals surface area (Å²) in [5, 5.41) is 8.96. The van der Waals surface area contributed by atoms with E-state index in [1.165, 1.54) is 55.6 Å². The summed E-state index contributed by atoms with van der Waals surface area (Å²) in [4.78, 5) is 14.1. The van der Waals surface area contributed by atoms with Crippen molar-refractivity contribution in [2.24, 2.45) is 5.92 Å². The van der Waals surface area contributed by atoms with Gasteiger partial charge < -0.3 is 0 Å². The van der Waals surface area contributed by atoms with Crippen molar-refractivity contribution in [2.45, 2.75) is 63.0 Å². The predicted octanol–water partition coefficient (Wildman–Crippen LogP) is 3.80. The Kier molecular flexibility index (Phi) is 8.75. The van der Waals surface area contributed by atoms with Crippen LogP contribution in [0.15, 0.2) is 30.3 Å². The van der Waals surface area contributed by atoms with E-state index >= 15 is 0 Å². The minimum Gasteiger partial charge on any atom is -0.299 e. The van der Waals surface area contributed by atoms with Gasteiger partial charge in [0, 0.05) is 37.9 Å². The van der Waals surface area contributed by atoms with Gasteiger partial charge in [-0.2, -0.15) is 0 Å². The lowest BCUT2D eigenvalue weighted by Crippen LogP contribution is -2.51. The molecule has 7 heteroatoms. The third kappa shape index (κ3) is 6.69. The van der Waals surface area contributed by atoms with Crippen LogP contribution in [-0.2, 0) is 14.6 Å². The molecule has 1 heterocycles. The van der Waals surface area contributed by atoms with Crippen LogP contribution in [0.1, 0.15) is 69.4 Å². The molecule has 2 aliphatic rings. The molecule has 180 valence electrons. The highest BCUT2D eigenvalue weighted by atomic mass is 32.2. The lowest BCUT2D eigenvalue weighted by Gasteiger charge is -2.31. The Morgan fingerprint density at radius 3 is 2.48 bits per heavy atom. The van der Waals surface area contributed by atoms with E-state index in [0.29, 0.717) is 13.1 Å². The van der Waals surface area contributed by atoms with Crippen LogP contribution in [0.5, 0.6) is 0 Å². The number of rotatable bonds is 7. The van der Waals surface area contributed by atoms with E-state index in [1.807, 2.05) is 0 Å². The first-order valence-electron chi connectivity index (χ1n) is 11.9. The van der Waals surface area contributed by atoms with Crippen LogP contribution in [-0.4, -0.2) is 55.1 Å². The van der Waals surface area contributed by atoms with E-state index in [-0.39, 0.29) is 6.42 Å². The predicted molar refractivity (Wildman–Crippen MR) is 131 cm³/mol. The highest BCUT2D eigenvalue weighted by Gasteiger charge is 2.43. The molecule has 1 fully saturated rings. The summed E-state index contributed by atoms with van der Waals surface area (Å²) < 4.78 is 22.6. The van der Waals surface area contributed by atoms with Crippen molar-refractivity contribution in [3.05, 3.63) is 41.5 Å². The van der Waals surface area contributed by atoms with E-state index in [2.05, 4.69) is 47.1 Å². The normalized spacial score (nSPS) is 19.7. The van der Waals surface area contributed by atoms with Gasteiger partial charge in [0.15, 0.2) is 14.6 Å². The number of carbonyl (C=O) groups excluding carboxylic acids is 1. The number of hydroxylamine groups is 1. The van der Waals surface area contributed by atoms with Crippen LogP contribution in [0.2, 0.25) is 0 Å². The van der Waals surface area contributed by atoms with Crippen molar-refractivity contribution in [1.82, 2.24) is 10.4 Å². The number of hydrogen-bond donors (Lipinski definition) is 2. The maximum Gasteiger partial charge on any atom is 0.264 e. The molecule has 1 atom stereocenters. The molecular weight excluding hydrogens is 436 g/mol. The Bertz CT molecular complexity index is 1010. The lowest BCUT2D eigenvalue weighted by atomic mass is 9.87. The first-order chi connectivity index (χ1) is 15.7. The molecule has 1 aliphatic carbocycles. The van der Waals surface area contributed by atoms with Crippen molar-refractivity contribution < 1.29 is 18.4 Å². The summed E-state index contributed by atoms with van der Waals surface area (Å²) in [5.74, 6) is 6.56. The fraction of sp³-hybridized carbons (Fsp3) is 0.577. The molecule has 0 radical (unpaired) electrons. The van der Waals surface area contributed by atoms with Crippen molar-refractivity contribution >= 4 is 21.3 Å². The second-order valence-electron chi connectivity index (χ2n) is 9.56. The van der Waals surface area contributed by atoms with Gasteiger partial charge in [-0.3, -0.25) is 14.9 Å². The van der Waals surface area contributed by atoms with Gasteiger partial charge in [-0.15, -0.1) is 0 Å². The average Bonchev–Trinajstić information content (AvgIpc) is 2.83. The molecule has 1 unspecified atom stereocenters. The average molecular weight is 473 g/mol. The SMILES string of the molecule is CC(CCN1CC=C(c2ccc(C#CCC3CCCCC3)cc2)CC1)(C(=O)NO)S(C)(=O)=O. The minimum absolute atomic E-state index is 0.121. The lowest BCUT2D eigenvalue weighted by molar-refractivity contribution is -0.131. The third-order valence-corrected chi connectivity index (χ3v) is 9.23. The molecule has 1 saturated carbocycles. The van der Waals surface area contributed by atoms with Gasteiger partial charge in [0.1, 0.15) is 0 Å². The number of nitrogens with zero attached hydrogens (tertiary/aromatic N) is 1. The van der Waals surface area contributed by atoms with Crippen molar-refractivity contribution in [3.8, 4) is 11.8 Å². The Morgan fingerprint density at radius 1 is 1.21 bits per heavy atom. The second-order valence-corrected chi connectivity index (χ2v) is 12.0. The standard InChI is InChI=1S/C26H36N2O4S/c1-26(25(29)27-30,33(2,31)32)17-20-28-18-15-24(16-19-28)23-13-11-22(12-14-23)10-6-9-21-7-4-3-5-8-21/h11-15,21,30H,3-5,7-9,16-20H2,1-2H3,(H,27,29). The Balaban J connectivity index is 1.53. The maximum absolute atomic E-state index is 12.1. The summed E-state index contributed by atoms with van der Waals surface area (Å²) in [6.07, 6.45) is 11.9. The summed E-state index contributed by atoms with van der Waals surface area (Å²) in [6.45, 7) is 3.29. The van der Waals surface area contributed by atoms with Crippen molar-refractivity contribution in [1.29, 1.82) is 0 Å². The number of carbonyl (C=O) groups is 1. The van der Waals surface area contributed by atoms with Crippen LogP contribution in [0.25, 0.3) is 5.57 Å². The summed E-state index contributed by atoms with van der Waals surface area (Å²) in [6, 6.07) is 8.42. The molecule has 0 bridgehead atoms. The zero-order chi connectivity index (χ0) is 23.9. The fourth-order valence-electron chi connectivity index (χ4n) is 4.59. The van der Waals surface area contributed by atoms with Crippen LogP contribution in [0, 0.1) is 17.8 Å². The minimum atomic E-state index is -3.67. The van der Waals surface area contributed by atoms with E-state index < -0.39 is 20.5 Å². The van der Waals surface area contributed by atoms with E-state index in [1.54, 1.807) is 0 Å². The van der Waals surface area contributed by atoms with E-state index in [0.717, 1.165) is 37.1 Å². The Hall–Kier alpha value is -2.14. The summed E-state index contributed by atoms with van der Waals surface area (Å²) in [7, 11) is -3.67. The van der Waals surface area contributed by atoms with Gasteiger partial charge in [0.25, 0.3) is 5.91 Å². The molecule has 3 rings (SSSR count). The van der Waals surface area contributed by atoms with Gasteiger partial charge >= 0.3 is 0 Å². The summed E-state index contributed by atoms with van der Waals surface area (Å²) >= 11 is 0. The van der Waals surface area contributed by atoms with Crippen molar-refractivity contribution in [2.75, 3.05) is 25.9 Å². The summed E-state index contributed by atoms with van der Waals surface area (Å²) in [5.41, 5.74) is 5.01. The van der Waals surface area contributed by atoms with Gasteiger partial charge in [-0.25, -0.2) is 13.9 Å². The zero-order valence-electron chi connectivity index (χ0n) is 19.8. The first kappa shape index (κ1) is 25.5. The zero-order valence-corrected chi connectivity index (χ0v) is 20.6. The Labute approximate surface area is 198 Å². The van der Waals surface area contributed by atoms with E-state index in [9.17, 15) is 13.2 Å². The van der Waals surface area contributed by atoms with Gasteiger partial charge in [-0.1, -0.05) is 49.3 Å². The number of sulfone groups is 1. The molecule has 0 spiro atoms. The number of hydrogen-bond acceptors (Lipinski definition) is 5. The maximum atomic E-state index is 12.1. The molecule has 0 aromatic heterocycles. The van der Waals surface area contributed by atoms with Gasteiger partial charge in [-0.05, 0) is 61.8 Å². The first-order valence-corrected chi connectivity index (χ1v) is 13.8. The monoisotopic (exact) mass is 472 g/mol. The molecule has 1 aromatic carbocycles. The molecule has 1 amide bonds. The topological polar surface area (TPSA) is 86.7 Å². The molecule has 33 heavy (non-hydrogen) atoms. The van der Waals surface area contributed by atoms with E-state index in [4.69, 9.17) is 5.21 Å². The molecule has 6 nitrogen and oxygen atoms in total.